The fraction of sp³-hybridized carbons (Fsp3) is 0.644. The molecular formula is C45H68N6O23S. The summed E-state index contributed by atoms with van der Waals surface area (Å²) in [5, 5.41) is 52.6. The summed E-state index contributed by atoms with van der Waals surface area (Å²) in [5.41, 5.74) is 0.442. The first-order chi connectivity index (χ1) is 35.7. The lowest BCUT2D eigenvalue weighted by atomic mass is 9.99. The minimum atomic E-state index is -4.73. The van der Waals surface area contributed by atoms with E-state index in [1.807, 2.05) is 0 Å². The molecule has 2 heterocycles. The van der Waals surface area contributed by atoms with E-state index in [-0.39, 0.29) is 129 Å². The van der Waals surface area contributed by atoms with Gasteiger partial charge in [-0.25, -0.2) is 0 Å². The van der Waals surface area contributed by atoms with Gasteiger partial charge in [-0.2, -0.15) is 8.42 Å². The number of imide groups is 1. The van der Waals surface area contributed by atoms with Gasteiger partial charge in [0.05, 0.1) is 77.7 Å². The number of hydrogen-bond acceptors (Lipinski definition) is 22. The Morgan fingerprint density at radius 3 is 1.93 bits per heavy atom. The van der Waals surface area contributed by atoms with Crippen LogP contribution in [0.3, 0.4) is 0 Å². The van der Waals surface area contributed by atoms with Crippen molar-refractivity contribution in [3.05, 3.63) is 35.9 Å². The van der Waals surface area contributed by atoms with E-state index in [2.05, 4.69) is 26.6 Å². The zero-order chi connectivity index (χ0) is 55.3. The normalized spacial score (nSPS) is 18.9. The Kier molecular flexibility index (Phi) is 28.8. The Morgan fingerprint density at radius 1 is 0.707 bits per heavy atom. The molecule has 2 aliphatic rings. The van der Waals surface area contributed by atoms with Crippen molar-refractivity contribution in [3.8, 4) is 5.75 Å². The molecule has 7 amide bonds. The zero-order valence-corrected chi connectivity index (χ0v) is 42.3. The minimum absolute atomic E-state index is 0.00956. The van der Waals surface area contributed by atoms with Crippen LogP contribution in [0.15, 0.2) is 30.4 Å². The largest absolute Gasteiger partial charge is 0.461 e. The molecular weight excluding hydrogens is 1020 g/mol. The molecule has 75 heavy (non-hydrogen) atoms. The number of rotatable bonds is 37. The highest BCUT2D eigenvalue weighted by atomic mass is 32.2. The van der Waals surface area contributed by atoms with Crippen molar-refractivity contribution in [2.24, 2.45) is 5.92 Å². The van der Waals surface area contributed by atoms with E-state index in [0.29, 0.717) is 5.56 Å². The van der Waals surface area contributed by atoms with Crippen LogP contribution in [-0.4, -0.2) is 227 Å². The Balaban J connectivity index is 1.26. The van der Waals surface area contributed by atoms with Gasteiger partial charge in [0.2, 0.25) is 35.8 Å². The Hall–Kier alpha value is -5.77. The second-order valence-corrected chi connectivity index (χ2v) is 18.2. The predicted molar refractivity (Wildman–Crippen MR) is 255 cm³/mol. The molecule has 1 saturated heterocycles. The lowest BCUT2D eigenvalue weighted by molar-refractivity contribution is -0.277. The molecule has 6 atom stereocenters. The number of aliphatic hydroxyl groups is 4. The molecule has 422 valence electrons. The number of benzene rings is 1. The zero-order valence-electron chi connectivity index (χ0n) is 41.5. The van der Waals surface area contributed by atoms with E-state index in [0.717, 1.165) is 17.1 Å². The molecule has 0 aliphatic carbocycles. The number of nitrogens with zero attached hydrogens (tertiary/aromatic N) is 1. The summed E-state index contributed by atoms with van der Waals surface area (Å²) in [6.07, 6.45) is -6.30. The van der Waals surface area contributed by atoms with Crippen molar-refractivity contribution < 1.29 is 110 Å². The Bertz CT molecular complexity index is 2160. The minimum Gasteiger partial charge on any atom is -0.461 e. The number of amides is 7. The molecule has 2 aliphatic heterocycles. The van der Waals surface area contributed by atoms with Crippen LogP contribution in [0.4, 0.5) is 5.69 Å². The van der Waals surface area contributed by atoms with E-state index in [1.54, 1.807) is 13.8 Å². The van der Waals surface area contributed by atoms with Gasteiger partial charge in [-0.3, -0.25) is 47.8 Å². The van der Waals surface area contributed by atoms with Gasteiger partial charge in [0.25, 0.3) is 21.9 Å². The number of carbonyl (C=O) groups excluding carboxylic acids is 8. The summed E-state index contributed by atoms with van der Waals surface area (Å²) in [6, 6.07) is 2.60. The summed E-state index contributed by atoms with van der Waals surface area (Å²) in [5.74, 6) is -6.37. The van der Waals surface area contributed by atoms with Crippen LogP contribution in [0.1, 0.15) is 38.7 Å². The molecule has 29 nitrogen and oxygen atoms in total. The van der Waals surface area contributed by atoms with Crippen molar-refractivity contribution >= 4 is 63.1 Å². The average Bonchev–Trinajstić information content (AvgIpc) is 3.68. The van der Waals surface area contributed by atoms with Gasteiger partial charge >= 0.3 is 5.97 Å². The molecule has 0 bridgehead atoms. The average molecular weight is 1090 g/mol. The van der Waals surface area contributed by atoms with Crippen molar-refractivity contribution in [2.75, 3.05) is 110 Å². The van der Waals surface area contributed by atoms with Gasteiger partial charge < -0.3 is 84.9 Å². The molecule has 0 radical (unpaired) electrons. The van der Waals surface area contributed by atoms with Crippen LogP contribution in [0.25, 0.3) is 0 Å². The fourth-order valence-corrected chi connectivity index (χ4v) is 7.05. The molecule has 1 aromatic carbocycles. The number of aliphatic hydroxyl groups excluding tert-OH is 4. The maximum Gasteiger partial charge on any atom is 0.308 e. The predicted octanol–water partition coefficient (Wildman–Crippen LogP) is -4.60. The lowest BCUT2D eigenvalue weighted by Gasteiger charge is -2.39. The third-order valence-corrected chi connectivity index (χ3v) is 11.1. The highest BCUT2D eigenvalue weighted by Gasteiger charge is 2.45. The van der Waals surface area contributed by atoms with Crippen molar-refractivity contribution in [3.63, 3.8) is 0 Å². The van der Waals surface area contributed by atoms with Crippen molar-refractivity contribution in [2.45, 2.75) is 76.5 Å². The summed E-state index contributed by atoms with van der Waals surface area (Å²) in [6.45, 7) is 2.78. The van der Waals surface area contributed by atoms with E-state index < -0.39 is 113 Å². The number of ether oxygens (including phenoxy) is 8. The van der Waals surface area contributed by atoms with Crippen LogP contribution in [-0.2, 0) is 88.2 Å². The smallest absolute Gasteiger partial charge is 0.308 e. The molecule has 1 fully saturated rings. The Morgan fingerprint density at radius 2 is 1.31 bits per heavy atom. The summed E-state index contributed by atoms with van der Waals surface area (Å²) >= 11 is 0. The number of carbonyl (C=O) groups is 8. The standard InChI is InChI=1S/C45H68N6O23S/c1-28(2)44(63)72-25-29-3-4-32(73-45-42(61)41(60)40(59)33(24-52)74-45)30(23-29)49-35(54)7-10-46-37(56)26-71-16-12-48-43(62)31(27-75(64,65)66)50-36(55)9-14-67-17-19-69-21-22-70-20-18-68-15-11-47-34(53)8-13-51-38(57)5-6-39(51)58/h3-6,23,28,31,33,40-42,45,52,59-61H,7-22,24-27H2,1-2H3,(H,46,56)(H,47,53)(H,48,62)(H,49,54)(H,50,55)(H,64,65,66)/t31-,33-,40+,41+,42-,45-/m1/s1. The highest BCUT2D eigenvalue weighted by molar-refractivity contribution is 7.85. The maximum atomic E-state index is 13.0. The second kappa shape index (κ2) is 34.0. The highest BCUT2D eigenvalue weighted by Crippen LogP contribution is 2.31. The summed E-state index contributed by atoms with van der Waals surface area (Å²) in [7, 11) is -4.73. The molecule has 10 N–H and O–H groups in total. The third kappa shape index (κ3) is 25.1. The van der Waals surface area contributed by atoms with Crippen LogP contribution in [0.2, 0.25) is 0 Å². The molecule has 0 spiro atoms. The number of anilines is 1. The Labute approximate surface area is 431 Å². The first-order valence-electron chi connectivity index (χ1n) is 23.7. The van der Waals surface area contributed by atoms with Gasteiger partial charge in [-0.15, -0.1) is 0 Å². The van der Waals surface area contributed by atoms with Gasteiger partial charge in [0.15, 0.2) is 0 Å². The topological polar surface area (TPSA) is 409 Å². The first kappa shape index (κ1) is 63.5. The second-order valence-electron chi connectivity index (χ2n) is 16.7. The SMILES string of the molecule is CC(C)C(=O)OCc1ccc(O[C@@H]2O[C@H](CO)[C@H](O)[C@H](O)[C@H]2O)c(NC(=O)CCNC(=O)COCCNC(=O)[C@@H](CS(=O)(=O)O)NC(=O)CCOCCOCCOCCOCCNC(=O)CCN2C(=O)C=CC2=O)c1. The number of nitrogens with one attached hydrogen (secondary N) is 5. The quantitative estimate of drug-likeness (QED) is 0.0130. The van der Waals surface area contributed by atoms with Gasteiger partial charge in [0, 0.05) is 57.6 Å². The van der Waals surface area contributed by atoms with Gasteiger partial charge in [-0.05, 0) is 17.7 Å². The van der Waals surface area contributed by atoms with Crippen LogP contribution < -0.4 is 31.3 Å². The van der Waals surface area contributed by atoms with Crippen molar-refractivity contribution in [1.29, 1.82) is 0 Å². The van der Waals surface area contributed by atoms with E-state index in [1.165, 1.54) is 18.2 Å². The van der Waals surface area contributed by atoms with E-state index in [9.17, 15) is 71.8 Å². The maximum absolute atomic E-state index is 13.0. The monoisotopic (exact) mass is 1090 g/mol. The van der Waals surface area contributed by atoms with Gasteiger partial charge in [0.1, 0.15) is 55.2 Å². The van der Waals surface area contributed by atoms with Crippen LogP contribution in [0.5, 0.6) is 5.75 Å². The molecule has 30 heteroatoms. The molecule has 3 rings (SSSR count). The summed E-state index contributed by atoms with van der Waals surface area (Å²) < 4.78 is 75.6. The van der Waals surface area contributed by atoms with Crippen molar-refractivity contribution in [1.82, 2.24) is 26.2 Å². The molecule has 0 aromatic heterocycles. The van der Waals surface area contributed by atoms with E-state index in [4.69, 9.17) is 37.9 Å². The molecule has 0 unspecified atom stereocenters. The van der Waals surface area contributed by atoms with E-state index >= 15 is 0 Å². The first-order valence-corrected chi connectivity index (χ1v) is 25.3. The number of esters is 1. The fourth-order valence-electron chi connectivity index (χ4n) is 6.39. The molecule has 1 aromatic rings. The third-order valence-electron chi connectivity index (χ3n) is 10.4. The van der Waals surface area contributed by atoms with Gasteiger partial charge in [-0.1, -0.05) is 19.9 Å². The lowest BCUT2D eigenvalue weighted by Crippen LogP contribution is -2.60. The number of hydrogen-bond donors (Lipinski definition) is 10. The van der Waals surface area contributed by atoms with Crippen LogP contribution in [0, 0.1) is 5.92 Å². The van der Waals surface area contributed by atoms with Crippen LogP contribution >= 0.6 is 0 Å². The summed E-state index contributed by atoms with van der Waals surface area (Å²) in [4.78, 5) is 98.5. The molecule has 0 saturated carbocycles.